The molecule has 0 aliphatic rings. The minimum absolute atomic E-state index is 0.0322. The Morgan fingerprint density at radius 3 is 2.23 bits per heavy atom. The lowest BCUT2D eigenvalue weighted by Crippen LogP contribution is -3.12. The summed E-state index contributed by atoms with van der Waals surface area (Å²) in [6, 6.07) is 15.7. The normalized spacial score (nSPS) is 12.9. The van der Waals surface area contributed by atoms with E-state index in [1.807, 2.05) is 76.3 Å². The molecule has 0 bridgehead atoms. The first-order valence-electron chi connectivity index (χ1n) is 8.88. The van der Waals surface area contributed by atoms with E-state index in [0.717, 1.165) is 28.3 Å². The number of amides is 2. The van der Waals surface area contributed by atoms with Gasteiger partial charge in [-0.2, -0.15) is 0 Å². The third kappa shape index (κ3) is 5.43. The Bertz CT molecular complexity index is 739. The maximum atomic E-state index is 12.4. The van der Waals surface area contributed by atoms with E-state index >= 15 is 0 Å². The summed E-state index contributed by atoms with van der Waals surface area (Å²) in [7, 11) is 1.98. The van der Waals surface area contributed by atoms with Crippen LogP contribution in [-0.4, -0.2) is 31.4 Å². The lowest BCUT2D eigenvalue weighted by molar-refractivity contribution is -0.908. The highest BCUT2D eigenvalue weighted by atomic mass is 16.2. The van der Waals surface area contributed by atoms with Crippen LogP contribution in [0.25, 0.3) is 0 Å². The molecule has 2 aromatic rings. The van der Waals surface area contributed by atoms with E-state index < -0.39 is 0 Å². The molecule has 2 amide bonds. The van der Waals surface area contributed by atoms with E-state index in [-0.39, 0.29) is 24.4 Å². The van der Waals surface area contributed by atoms with Crippen LogP contribution in [0.3, 0.4) is 0 Å². The Balaban J connectivity index is 1.84. The summed E-state index contributed by atoms with van der Waals surface area (Å²) in [6.45, 7) is 6.49. The van der Waals surface area contributed by atoms with E-state index in [0.29, 0.717) is 0 Å². The average molecular weight is 354 g/mol. The molecule has 0 aromatic heterocycles. The van der Waals surface area contributed by atoms with Crippen LogP contribution in [0.1, 0.15) is 23.6 Å². The second kappa shape index (κ2) is 9.15. The van der Waals surface area contributed by atoms with Crippen molar-refractivity contribution in [3.05, 3.63) is 65.2 Å². The van der Waals surface area contributed by atoms with Gasteiger partial charge in [0.2, 0.25) is 5.91 Å². The Morgan fingerprint density at radius 2 is 1.62 bits per heavy atom. The van der Waals surface area contributed by atoms with Gasteiger partial charge in [0.1, 0.15) is 6.54 Å². The molecule has 0 heterocycles. The molecule has 0 fully saturated rings. The topological polar surface area (TPSA) is 62.6 Å². The first-order valence-corrected chi connectivity index (χ1v) is 8.88. The first kappa shape index (κ1) is 19.7. The van der Waals surface area contributed by atoms with Crippen molar-refractivity contribution in [1.29, 1.82) is 0 Å². The highest BCUT2D eigenvalue weighted by molar-refractivity contribution is 5.96. The number of para-hydroxylation sites is 1. The van der Waals surface area contributed by atoms with Gasteiger partial charge < -0.3 is 15.5 Å². The van der Waals surface area contributed by atoms with Gasteiger partial charge in [-0.25, -0.2) is 0 Å². The monoisotopic (exact) mass is 354 g/mol. The molecule has 5 heteroatoms. The van der Waals surface area contributed by atoms with Gasteiger partial charge in [0, 0.05) is 11.3 Å². The molecule has 0 aliphatic carbocycles. The number of rotatable bonds is 7. The maximum absolute atomic E-state index is 12.4. The highest BCUT2D eigenvalue weighted by Gasteiger charge is 2.22. The molecule has 1 unspecified atom stereocenters. The summed E-state index contributed by atoms with van der Waals surface area (Å²) in [5.74, 6) is -0.348. The second-order valence-corrected chi connectivity index (χ2v) is 6.76. The molecule has 2 aromatic carbocycles. The van der Waals surface area contributed by atoms with Crippen LogP contribution < -0.4 is 15.5 Å². The summed E-state index contributed by atoms with van der Waals surface area (Å²) in [6.07, 6.45) is 0. The molecule has 2 rings (SSSR count). The van der Waals surface area contributed by atoms with E-state index in [2.05, 4.69) is 10.6 Å². The van der Waals surface area contributed by atoms with Crippen LogP contribution in [-0.2, 0) is 16.1 Å². The van der Waals surface area contributed by atoms with Gasteiger partial charge in [-0.1, -0.05) is 48.5 Å². The smallest absolute Gasteiger partial charge is 0.278 e. The lowest BCUT2D eigenvalue weighted by Gasteiger charge is -2.21. The zero-order valence-corrected chi connectivity index (χ0v) is 15.9. The molecular weight excluding hydrogens is 326 g/mol. The van der Waals surface area contributed by atoms with Gasteiger partial charge in [0.25, 0.3) is 5.91 Å². The lowest BCUT2D eigenvalue weighted by atomic mass is 10.1. The van der Waals surface area contributed by atoms with Crippen molar-refractivity contribution in [1.82, 2.24) is 5.32 Å². The fourth-order valence-electron chi connectivity index (χ4n) is 2.81. The summed E-state index contributed by atoms with van der Waals surface area (Å²) in [4.78, 5) is 25.6. The predicted octanol–water partition coefficient (Wildman–Crippen LogP) is 1.46. The van der Waals surface area contributed by atoms with Crippen LogP contribution in [0.2, 0.25) is 0 Å². The molecule has 0 saturated heterocycles. The van der Waals surface area contributed by atoms with Gasteiger partial charge in [-0.3, -0.25) is 9.59 Å². The van der Waals surface area contributed by atoms with Crippen molar-refractivity contribution in [2.24, 2.45) is 0 Å². The number of hydrogen-bond acceptors (Lipinski definition) is 2. The maximum Gasteiger partial charge on any atom is 0.278 e. The molecule has 2 atom stereocenters. The molecule has 0 aliphatic heterocycles. The zero-order valence-electron chi connectivity index (χ0n) is 15.9. The van der Waals surface area contributed by atoms with Crippen LogP contribution in [0, 0.1) is 13.8 Å². The molecule has 26 heavy (non-hydrogen) atoms. The van der Waals surface area contributed by atoms with E-state index in [1.54, 1.807) is 0 Å². The minimum Gasteiger partial charge on any atom is -0.342 e. The number of anilines is 1. The van der Waals surface area contributed by atoms with Gasteiger partial charge in [0.15, 0.2) is 6.04 Å². The third-order valence-corrected chi connectivity index (χ3v) is 4.63. The molecule has 3 N–H and O–H groups in total. The van der Waals surface area contributed by atoms with Gasteiger partial charge in [-0.15, -0.1) is 0 Å². The second-order valence-electron chi connectivity index (χ2n) is 6.76. The van der Waals surface area contributed by atoms with Crippen molar-refractivity contribution in [3.8, 4) is 0 Å². The molecule has 5 nitrogen and oxygen atoms in total. The highest BCUT2D eigenvalue weighted by Crippen LogP contribution is 2.18. The first-order chi connectivity index (χ1) is 12.4. The quantitative estimate of drug-likeness (QED) is 0.705. The Morgan fingerprint density at radius 1 is 1.00 bits per heavy atom. The minimum atomic E-state index is -0.247. The fraction of sp³-hybridized carbons (Fsp3) is 0.333. The van der Waals surface area contributed by atoms with Crippen molar-refractivity contribution in [3.63, 3.8) is 0 Å². The van der Waals surface area contributed by atoms with Crippen molar-refractivity contribution < 1.29 is 14.5 Å². The molecular formula is C21H28N3O2+. The number of quaternary nitrogens is 1. The zero-order chi connectivity index (χ0) is 19.1. The SMILES string of the molecule is Cc1cccc(C)c1NC(=O)CNC(=O)[C@H](C)[NH+](C)Cc1ccccc1. The number of aryl methyl sites for hydroxylation is 2. The van der Waals surface area contributed by atoms with Crippen LogP contribution in [0.4, 0.5) is 5.69 Å². The van der Waals surface area contributed by atoms with Gasteiger partial charge in [-0.05, 0) is 31.9 Å². The third-order valence-electron chi connectivity index (χ3n) is 4.63. The Labute approximate surface area is 155 Å². The number of hydrogen-bond donors (Lipinski definition) is 3. The molecule has 0 radical (unpaired) electrons. The number of benzene rings is 2. The standard InChI is InChI=1S/C21H27N3O2/c1-15-9-8-10-16(2)20(15)23-19(25)13-22-21(26)17(3)24(4)14-18-11-6-5-7-12-18/h5-12,17H,13-14H2,1-4H3,(H,22,26)(H,23,25)/p+1/t17-/m0/s1. The van der Waals surface area contributed by atoms with Crippen LogP contribution in [0.5, 0.6) is 0 Å². The number of nitrogens with one attached hydrogen (secondary N) is 3. The van der Waals surface area contributed by atoms with Crippen LogP contribution >= 0.6 is 0 Å². The fourth-order valence-corrected chi connectivity index (χ4v) is 2.81. The average Bonchev–Trinajstić information content (AvgIpc) is 2.63. The summed E-state index contributed by atoms with van der Waals surface area (Å²) >= 11 is 0. The van der Waals surface area contributed by atoms with Crippen LogP contribution in [0.15, 0.2) is 48.5 Å². The Hall–Kier alpha value is -2.66. The molecule has 0 spiro atoms. The summed E-state index contributed by atoms with van der Waals surface area (Å²) in [5.41, 5.74) is 4.00. The van der Waals surface area contributed by atoms with Gasteiger partial charge >= 0.3 is 0 Å². The van der Waals surface area contributed by atoms with E-state index in [9.17, 15) is 9.59 Å². The summed E-state index contributed by atoms with van der Waals surface area (Å²) in [5, 5.41) is 5.62. The van der Waals surface area contributed by atoms with Crippen molar-refractivity contribution in [2.45, 2.75) is 33.4 Å². The summed E-state index contributed by atoms with van der Waals surface area (Å²) < 4.78 is 0. The van der Waals surface area contributed by atoms with E-state index in [1.165, 1.54) is 5.56 Å². The van der Waals surface area contributed by atoms with E-state index in [4.69, 9.17) is 0 Å². The predicted molar refractivity (Wildman–Crippen MR) is 104 cm³/mol. The van der Waals surface area contributed by atoms with Gasteiger partial charge in [0.05, 0.1) is 13.6 Å². The molecule has 0 saturated carbocycles. The molecule has 138 valence electrons. The van der Waals surface area contributed by atoms with Crippen molar-refractivity contribution >= 4 is 17.5 Å². The Kier molecular flexibility index (Phi) is 6.92. The number of likely N-dealkylation sites (N-methyl/N-ethyl adjacent to an activating group) is 1. The number of carbonyl (C=O) groups is 2. The van der Waals surface area contributed by atoms with Crippen molar-refractivity contribution in [2.75, 3.05) is 18.9 Å². The largest absolute Gasteiger partial charge is 0.342 e. The number of carbonyl (C=O) groups excluding carboxylic acids is 2.